The highest BCUT2D eigenvalue weighted by Crippen LogP contribution is 2.39. The molecule has 1 aliphatic heterocycles. The van der Waals surface area contributed by atoms with Crippen LogP contribution in [0.25, 0.3) is 0 Å². The van der Waals surface area contributed by atoms with Crippen LogP contribution in [-0.4, -0.2) is 50.4 Å². The van der Waals surface area contributed by atoms with Gasteiger partial charge in [0, 0.05) is 13.0 Å². The first kappa shape index (κ1) is 23.3. The van der Waals surface area contributed by atoms with Crippen LogP contribution >= 0.6 is 0 Å². The summed E-state index contributed by atoms with van der Waals surface area (Å²) < 4.78 is 25.7. The molecule has 0 saturated carbocycles. The van der Waals surface area contributed by atoms with Crippen molar-refractivity contribution in [2.75, 3.05) is 44.4 Å². The number of anilines is 1. The minimum absolute atomic E-state index is 0.100. The first-order valence-electron chi connectivity index (χ1n) is 11.2. The molecule has 0 saturated heterocycles. The van der Waals surface area contributed by atoms with E-state index < -0.39 is 0 Å². The van der Waals surface area contributed by atoms with E-state index in [0.29, 0.717) is 19.8 Å². The molecule has 0 amide bonds. The predicted octanol–water partition coefficient (Wildman–Crippen LogP) is 5.46. The van der Waals surface area contributed by atoms with Crippen molar-refractivity contribution in [1.29, 1.82) is 0 Å². The molecule has 0 aliphatic carbocycles. The normalized spacial score (nSPS) is 17.1. The average Bonchev–Trinajstić information content (AvgIpc) is 2.94. The number of halogens is 1. The summed E-state index contributed by atoms with van der Waals surface area (Å²) in [6, 6.07) is 15.4. The number of nitrogens with zero attached hydrogens (tertiary/aromatic N) is 2. The second-order valence-corrected chi connectivity index (χ2v) is 8.17. The van der Waals surface area contributed by atoms with E-state index in [-0.39, 0.29) is 17.9 Å². The fraction of sp³-hybridized carbons (Fsp3) is 0.462. The second-order valence-electron chi connectivity index (χ2n) is 8.17. The molecular weight excluding hydrogens is 391 g/mol. The highest BCUT2D eigenvalue weighted by Gasteiger charge is 2.30. The molecule has 4 nitrogen and oxygen atoms in total. The molecule has 0 spiro atoms. The molecule has 0 radical (unpaired) electrons. The van der Waals surface area contributed by atoms with Crippen molar-refractivity contribution in [3.63, 3.8) is 0 Å². The standard InChI is InChI=1S/C26H35FN2O2/c1-5-28(6-2)23(19-30-18-20(3)4)17-29-24(21-11-13-22(27)14-12-21)15-16-31-26-10-8-7-9-25(26)29/h7-14,23-24H,3,5-6,15-19H2,1-2,4H3. The van der Waals surface area contributed by atoms with Crippen LogP contribution in [0.4, 0.5) is 10.1 Å². The number of fused-ring (bicyclic) bond motifs is 1. The smallest absolute Gasteiger partial charge is 0.142 e. The molecule has 2 aromatic rings. The Kier molecular flexibility index (Phi) is 8.50. The van der Waals surface area contributed by atoms with Crippen LogP contribution in [0.1, 0.15) is 38.8 Å². The Morgan fingerprint density at radius 3 is 2.58 bits per heavy atom. The summed E-state index contributed by atoms with van der Waals surface area (Å²) in [4.78, 5) is 4.86. The zero-order chi connectivity index (χ0) is 22.2. The monoisotopic (exact) mass is 426 g/mol. The fourth-order valence-corrected chi connectivity index (χ4v) is 4.29. The molecule has 168 valence electrons. The lowest BCUT2D eigenvalue weighted by atomic mass is 10.0. The van der Waals surface area contributed by atoms with Crippen molar-refractivity contribution < 1.29 is 13.9 Å². The van der Waals surface area contributed by atoms with Gasteiger partial charge in [-0.2, -0.15) is 0 Å². The van der Waals surface area contributed by atoms with Gasteiger partial charge in [-0.25, -0.2) is 4.39 Å². The lowest BCUT2D eigenvalue weighted by Crippen LogP contribution is -2.47. The van der Waals surface area contributed by atoms with E-state index in [4.69, 9.17) is 9.47 Å². The highest BCUT2D eigenvalue weighted by atomic mass is 19.1. The lowest BCUT2D eigenvalue weighted by Gasteiger charge is -2.39. The molecule has 0 bridgehead atoms. The largest absolute Gasteiger partial charge is 0.491 e. The van der Waals surface area contributed by atoms with Crippen molar-refractivity contribution in [1.82, 2.24) is 4.90 Å². The highest BCUT2D eigenvalue weighted by molar-refractivity contribution is 5.60. The molecule has 0 N–H and O–H groups in total. The summed E-state index contributed by atoms with van der Waals surface area (Å²) in [5.74, 6) is 0.683. The minimum atomic E-state index is -0.213. The van der Waals surface area contributed by atoms with Crippen molar-refractivity contribution >= 4 is 5.69 Å². The van der Waals surface area contributed by atoms with Crippen LogP contribution < -0.4 is 9.64 Å². The molecule has 5 heteroatoms. The Labute approximate surface area is 186 Å². The van der Waals surface area contributed by atoms with Crippen LogP contribution in [0.2, 0.25) is 0 Å². The first-order valence-corrected chi connectivity index (χ1v) is 11.2. The topological polar surface area (TPSA) is 24.9 Å². The second kappa shape index (κ2) is 11.3. The zero-order valence-electron chi connectivity index (χ0n) is 19.0. The van der Waals surface area contributed by atoms with Crippen LogP contribution in [-0.2, 0) is 4.74 Å². The Balaban J connectivity index is 1.95. The fourth-order valence-electron chi connectivity index (χ4n) is 4.29. The van der Waals surface area contributed by atoms with E-state index in [1.807, 2.05) is 37.3 Å². The number of rotatable bonds is 10. The summed E-state index contributed by atoms with van der Waals surface area (Å²) >= 11 is 0. The Morgan fingerprint density at radius 1 is 1.19 bits per heavy atom. The van der Waals surface area contributed by atoms with Gasteiger partial charge in [-0.3, -0.25) is 4.90 Å². The van der Waals surface area contributed by atoms with Gasteiger partial charge in [-0.1, -0.05) is 50.3 Å². The molecule has 1 heterocycles. The molecule has 2 aromatic carbocycles. The van der Waals surface area contributed by atoms with Gasteiger partial charge in [0.1, 0.15) is 11.6 Å². The molecule has 31 heavy (non-hydrogen) atoms. The average molecular weight is 427 g/mol. The van der Waals surface area contributed by atoms with Gasteiger partial charge >= 0.3 is 0 Å². The SMILES string of the molecule is C=C(C)COCC(CN1c2ccccc2OCCC1c1ccc(F)cc1)N(CC)CC. The third-order valence-corrected chi connectivity index (χ3v) is 5.85. The van der Waals surface area contributed by atoms with E-state index in [9.17, 15) is 4.39 Å². The van der Waals surface area contributed by atoms with Crippen LogP contribution in [0, 0.1) is 5.82 Å². The van der Waals surface area contributed by atoms with Gasteiger partial charge < -0.3 is 14.4 Å². The Bertz CT molecular complexity index is 836. The summed E-state index contributed by atoms with van der Waals surface area (Å²) in [6.45, 7) is 14.8. The van der Waals surface area contributed by atoms with Crippen molar-refractivity contribution in [3.8, 4) is 5.75 Å². The number of hydrogen-bond acceptors (Lipinski definition) is 4. The van der Waals surface area contributed by atoms with Gasteiger partial charge in [0.15, 0.2) is 0 Å². The number of hydrogen-bond donors (Lipinski definition) is 0. The number of benzene rings is 2. The van der Waals surface area contributed by atoms with Crippen molar-refractivity contribution in [3.05, 3.63) is 72.1 Å². The molecule has 2 unspecified atom stereocenters. The summed E-state index contributed by atoms with van der Waals surface area (Å²) in [5, 5.41) is 0. The number of ether oxygens (including phenoxy) is 2. The summed E-state index contributed by atoms with van der Waals surface area (Å²) in [5.41, 5.74) is 3.20. The van der Waals surface area contributed by atoms with Crippen molar-refractivity contribution in [2.24, 2.45) is 0 Å². The van der Waals surface area contributed by atoms with Crippen LogP contribution in [0.15, 0.2) is 60.7 Å². The molecule has 0 fully saturated rings. The van der Waals surface area contributed by atoms with E-state index in [1.165, 1.54) is 0 Å². The van der Waals surface area contributed by atoms with E-state index in [1.54, 1.807) is 12.1 Å². The quantitative estimate of drug-likeness (QED) is 0.471. The van der Waals surface area contributed by atoms with Gasteiger partial charge in [-0.05, 0) is 49.8 Å². The van der Waals surface area contributed by atoms with E-state index >= 15 is 0 Å². The van der Waals surface area contributed by atoms with E-state index in [2.05, 4.69) is 36.3 Å². The van der Waals surface area contributed by atoms with Crippen LogP contribution in [0.5, 0.6) is 5.75 Å². The van der Waals surface area contributed by atoms with Gasteiger partial charge in [0.05, 0.1) is 37.6 Å². The maximum Gasteiger partial charge on any atom is 0.142 e. The maximum absolute atomic E-state index is 13.6. The van der Waals surface area contributed by atoms with Gasteiger partial charge in [0.25, 0.3) is 0 Å². The lowest BCUT2D eigenvalue weighted by molar-refractivity contribution is 0.0770. The Morgan fingerprint density at radius 2 is 1.90 bits per heavy atom. The van der Waals surface area contributed by atoms with Gasteiger partial charge in [-0.15, -0.1) is 0 Å². The maximum atomic E-state index is 13.6. The third-order valence-electron chi connectivity index (χ3n) is 5.85. The first-order chi connectivity index (χ1) is 15.0. The van der Waals surface area contributed by atoms with Crippen molar-refractivity contribution in [2.45, 2.75) is 39.3 Å². The molecule has 3 rings (SSSR count). The molecule has 0 aromatic heterocycles. The summed E-state index contributed by atoms with van der Waals surface area (Å²) in [6.07, 6.45) is 0.831. The van der Waals surface area contributed by atoms with E-state index in [0.717, 1.165) is 48.6 Å². The van der Waals surface area contributed by atoms with Crippen LogP contribution in [0.3, 0.4) is 0 Å². The van der Waals surface area contributed by atoms with Gasteiger partial charge in [0.2, 0.25) is 0 Å². The Hall–Kier alpha value is -2.37. The number of para-hydroxylation sites is 2. The number of likely N-dealkylation sites (N-methyl/N-ethyl adjacent to an activating group) is 1. The molecular formula is C26H35FN2O2. The predicted molar refractivity (Wildman–Crippen MR) is 125 cm³/mol. The minimum Gasteiger partial charge on any atom is -0.491 e. The molecule has 2 atom stereocenters. The summed E-state index contributed by atoms with van der Waals surface area (Å²) in [7, 11) is 0. The molecule has 1 aliphatic rings. The zero-order valence-corrected chi connectivity index (χ0v) is 19.0. The third kappa shape index (κ3) is 6.08.